The molecule has 0 fully saturated rings. The molecule has 0 amide bonds. The molecule has 1 unspecified atom stereocenters. The maximum atomic E-state index is 12.2. The lowest BCUT2D eigenvalue weighted by Crippen LogP contribution is -2.34. The summed E-state index contributed by atoms with van der Waals surface area (Å²) in [7, 11) is 0. The van der Waals surface area contributed by atoms with Gasteiger partial charge in [-0.25, -0.2) is 9.97 Å². The maximum absolute atomic E-state index is 12.2. The van der Waals surface area contributed by atoms with Crippen molar-refractivity contribution in [3.63, 3.8) is 0 Å². The summed E-state index contributed by atoms with van der Waals surface area (Å²) < 4.78 is 4.89. The lowest BCUT2D eigenvalue weighted by atomic mass is 10.1. The maximum Gasteiger partial charge on any atom is 0.261 e. The Hall–Kier alpha value is -2.69. The van der Waals surface area contributed by atoms with Gasteiger partial charge in [0.2, 0.25) is 0 Å². The summed E-state index contributed by atoms with van der Waals surface area (Å²) in [5, 5.41) is 10.8. The molecule has 2 aliphatic rings. The van der Waals surface area contributed by atoms with E-state index in [0.717, 1.165) is 14.8 Å². The van der Waals surface area contributed by atoms with Crippen LogP contribution in [0, 0.1) is 0 Å². The first kappa shape index (κ1) is 23.1. The first-order chi connectivity index (χ1) is 16.3. The highest BCUT2D eigenvalue weighted by atomic mass is 79.9. The molecule has 0 saturated heterocycles. The molecular formula is C24H20Br2N4O4. The van der Waals surface area contributed by atoms with Gasteiger partial charge in [-0.2, -0.15) is 0 Å². The highest BCUT2D eigenvalue weighted by Gasteiger charge is 2.20. The van der Waals surface area contributed by atoms with Crippen LogP contribution in [0.25, 0.3) is 21.8 Å². The number of ketones is 1. The zero-order valence-corrected chi connectivity index (χ0v) is 21.2. The van der Waals surface area contributed by atoms with Crippen molar-refractivity contribution in [1.29, 1.82) is 0 Å². The van der Waals surface area contributed by atoms with Crippen LogP contribution in [0.15, 0.2) is 54.9 Å². The molecule has 0 bridgehead atoms. The third kappa shape index (κ3) is 4.37. The van der Waals surface area contributed by atoms with E-state index in [9.17, 15) is 19.5 Å². The van der Waals surface area contributed by atoms with E-state index in [1.807, 2.05) is 24.3 Å². The highest BCUT2D eigenvalue weighted by Crippen LogP contribution is 2.19. The number of hydrogen-bond donors (Lipinski definition) is 1. The lowest BCUT2D eigenvalue weighted by molar-refractivity contribution is -0.120. The molecule has 1 atom stereocenters. The van der Waals surface area contributed by atoms with Gasteiger partial charge in [-0.05, 0) is 42.8 Å². The lowest BCUT2D eigenvalue weighted by Gasteiger charge is -2.22. The van der Waals surface area contributed by atoms with Crippen LogP contribution in [0.2, 0.25) is 0 Å². The molecule has 0 spiro atoms. The monoisotopic (exact) mass is 586 g/mol. The zero-order valence-electron chi connectivity index (χ0n) is 18.0. The topological polar surface area (TPSA) is 107 Å². The molecular weight excluding hydrogens is 568 g/mol. The minimum absolute atomic E-state index is 0.0590. The molecule has 2 aromatic carbocycles. The summed E-state index contributed by atoms with van der Waals surface area (Å²) in [5.74, 6) is 1.57. The van der Waals surface area contributed by atoms with Gasteiger partial charge in [0.05, 0.1) is 41.0 Å². The first-order valence-corrected chi connectivity index (χ1v) is 12.5. The van der Waals surface area contributed by atoms with Crippen molar-refractivity contribution < 1.29 is 9.90 Å². The van der Waals surface area contributed by atoms with Crippen molar-refractivity contribution in [2.75, 3.05) is 0 Å². The number of aromatic nitrogens is 4. The number of halogens is 2. The van der Waals surface area contributed by atoms with Crippen LogP contribution in [-0.2, 0) is 30.7 Å². The van der Waals surface area contributed by atoms with Crippen molar-refractivity contribution in [3.05, 3.63) is 77.7 Å². The van der Waals surface area contributed by atoms with Gasteiger partial charge in [0, 0.05) is 28.2 Å². The molecule has 1 N–H and O–H groups in total. The molecule has 0 radical (unpaired) electrons. The Morgan fingerprint density at radius 3 is 1.97 bits per heavy atom. The predicted molar refractivity (Wildman–Crippen MR) is 135 cm³/mol. The van der Waals surface area contributed by atoms with Crippen LogP contribution in [0.1, 0.15) is 24.5 Å². The second-order valence-corrected chi connectivity index (χ2v) is 10.2. The van der Waals surface area contributed by atoms with Gasteiger partial charge in [0.25, 0.3) is 11.1 Å². The number of aliphatic hydroxyl groups is 1. The number of fused-ring (bicyclic) bond motifs is 4. The normalized spacial score (nSPS) is 17.1. The van der Waals surface area contributed by atoms with Crippen LogP contribution in [0.3, 0.4) is 0 Å². The van der Waals surface area contributed by atoms with Crippen LogP contribution in [0.5, 0.6) is 0 Å². The number of aryl methyl sites for hydroxylation is 2. The third-order valence-electron chi connectivity index (χ3n) is 6.05. The summed E-state index contributed by atoms with van der Waals surface area (Å²) in [6, 6.07) is 10.8. The largest absolute Gasteiger partial charge is 0.391 e. The van der Waals surface area contributed by atoms with Crippen LogP contribution in [0.4, 0.5) is 0 Å². The van der Waals surface area contributed by atoms with Crippen molar-refractivity contribution in [2.45, 2.75) is 44.9 Å². The second kappa shape index (κ2) is 9.16. The van der Waals surface area contributed by atoms with Gasteiger partial charge in [-0.1, -0.05) is 31.9 Å². The van der Waals surface area contributed by atoms with E-state index < -0.39 is 6.10 Å². The van der Waals surface area contributed by atoms with Crippen molar-refractivity contribution >= 4 is 59.4 Å². The Morgan fingerprint density at radius 1 is 0.794 bits per heavy atom. The summed E-state index contributed by atoms with van der Waals surface area (Å²) in [5.41, 5.74) is 1.22. The fraction of sp³-hybridized carbons (Fsp3) is 0.292. The summed E-state index contributed by atoms with van der Waals surface area (Å²) in [6.45, 7) is 0.514. The fourth-order valence-corrected chi connectivity index (χ4v) is 5.02. The Kier molecular flexibility index (Phi) is 6.22. The van der Waals surface area contributed by atoms with Crippen molar-refractivity contribution in [1.82, 2.24) is 19.1 Å². The summed E-state index contributed by atoms with van der Waals surface area (Å²) >= 11 is 6.73. The van der Waals surface area contributed by atoms with E-state index in [2.05, 4.69) is 41.8 Å². The van der Waals surface area contributed by atoms with Crippen LogP contribution < -0.4 is 11.1 Å². The standard InChI is InChI=1S/C12H11BrN2O2.C12H9BrN2O2/c2*13-7-1-3-9-10(5-7)14-11-4-2-8(16)6-15(11)12(9)17/h1,3,5,8,16H,2,4,6H2;1,3,5H,2,4,6H2. The Balaban J connectivity index is 0.000000142. The minimum atomic E-state index is -0.435. The smallest absolute Gasteiger partial charge is 0.261 e. The molecule has 6 rings (SSSR count). The number of Topliss-reactive ketones (excluding diaryl/α,β-unsaturated/α-hetero) is 1. The first-order valence-electron chi connectivity index (χ1n) is 10.9. The molecule has 174 valence electrons. The van der Waals surface area contributed by atoms with Crippen LogP contribution >= 0.6 is 31.9 Å². The van der Waals surface area contributed by atoms with Gasteiger partial charge in [-0.15, -0.1) is 0 Å². The predicted octanol–water partition coefficient (Wildman–Crippen LogP) is 3.14. The number of rotatable bonds is 0. The zero-order chi connectivity index (χ0) is 24.0. The third-order valence-corrected chi connectivity index (χ3v) is 7.04. The molecule has 2 aliphatic heterocycles. The molecule has 4 aromatic rings. The number of nitrogens with zero attached hydrogens (tertiary/aromatic N) is 4. The van der Waals surface area contributed by atoms with Crippen molar-refractivity contribution in [3.8, 4) is 0 Å². The molecule has 10 heteroatoms. The van der Waals surface area contributed by atoms with Crippen LogP contribution in [-0.4, -0.2) is 36.1 Å². The van der Waals surface area contributed by atoms with E-state index in [1.54, 1.807) is 16.7 Å². The fourth-order valence-electron chi connectivity index (χ4n) is 4.32. The van der Waals surface area contributed by atoms with Gasteiger partial charge >= 0.3 is 0 Å². The summed E-state index contributed by atoms with van der Waals surface area (Å²) in [4.78, 5) is 44.7. The molecule has 34 heavy (non-hydrogen) atoms. The molecule has 0 saturated carbocycles. The van der Waals surface area contributed by atoms with Gasteiger partial charge in [-0.3, -0.25) is 23.5 Å². The molecule has 8 nitrogen and oxygen atoms in total. The van der Waals surface area contributed by atoms with E-state index >= 15 is 0 Å². The van der Waals surface area contributed by atoms with E-state index in [4.69, 9.17) is 0 Å². The Bertz CT molecular complexity index is 1580. The van der Waals surface area contributed by atoms with E-state index in [0.29, 0.717) is 59.9 Å². The minimum Gasteiger partial charge on any atom is -0.391 e. The number of benzene rings is 2. The molecule has 0 aliphatic carbocycles. The average Bonchev–Trinajstić information content (AvgIpc) is 2.80. The van der Waals surface area contributed by atoms with Crippen molar-refractivity contribution in [2.24, 2.45) is 0 Å². The Morgan fingerprint density at radius 2 is 1.35 bits per heavy atom. The van der Waals surface area contributed by atoms with Gasteiger partial charge in [0.1, 0.15) is 11.6 Å². The van der Waals surface area contributed by atoms with E-state index in [1.165, 1.54) is 4.57 Å². The SMILES string of the molecule is O=C1CCc2nc3cc(Br)ccc3c(=O)n2C1.O=c1c2ccc(Br)cc2nc2n1CC(O)CC2. The summed E-state index contributed by atoms with van der Waals surface area (Å²) in [6.07, 6.45) is 1.92. The van der Waals surface area contributed by atoms with E-state index in [-0.39, 0.29) is 23.4 Å². The number of aliphatic hydroxyl groups excluding tert-OH is 1. The second-order valence-electron chi connectivity index (χ2n) is 8.42. The molecule has 4 heterocycles. The van der Waals surface area contributed by atoms with Gasteiger partial charge in [0.15, 0.2) is 5.78 Å². The quantitative estimate of drug-likeness (QED) is 0.339. The number of carbonyl (C=O) groups is 1. The van der Waals surface area contributed by atoms with Gasteiger partial charge < -0.3 is 5.11 Å². The Labute approximate surface area is 210 Å². The number of hydrogen-bond acceptors (Lipinski definition) is 6. The average molecular weight is 588 g/mol. The number of carbonyl (C=O) groups excluding carboxylic acids is 1. The highest BCUT2D eigenvalue weighted by molar-refractivity contribution is 9.10. The molecule has 2 aromatic heterocycles.